The molecule has 1 atom stereocenters. The van der Waals surface area contributed by atoms with Crippen molar-refractivity contribution >= 4 is 23.9 Å². The van der Waals surface area contributed by atoms with Crippen molar-refractivity contribution in [2.45, 2.75) is 58.1 Å². The Morgan fingerprint density at radius 3 is 2.17 bits per heavy atom. The van der Waals surface area contributed by atoms with Crippen LogP contribution in [0.2, 0.25) is 0 Å². The third-order valence-corrected chi connectivity index (χ3v) is 2.53. The van der Waals surface area contributed by atoms with Gasteiger partial charge in [-0.2, -0.15) is 0 Å². The van der Waals surface area contributed by atoms with Crippen LogP contribution in [0.15, 0.2) is 0 Å². The molecule has 9 heteroatoms. The first-order valence-electron chi connectivity index (χ1n) is 7.22. The third kappa shape index (κ3) is 12.0. The maximum absolute atomic E-state index is 11.6. The van der Waals surface area contributed by atoms with E-state index in [0.717, 1.165) is 0 Å². The van der Waals surface area contributed by atoms with Crippen molar-refractivity contribution in [1.29, 1.82) is 0 Å². The van der Waals surface area contributed by atoms with Crippen LogP contribution >= 0.6 is 0 Å². The van der Waals surface area contributed by atoms with Gasteiger partial charge in [-0.3, -0.25) is 9.59 Å². The van der Waals surface area contributed by atoms with Gasteiger partial charge in [0.1, 0.15) is 11.6 Å². The minimum Gasteiger partial charge on any atom is -0.481 e. The molecule has 0 bridgehead atoms. The van der Waals surface area contributed by atoms with E-state index in [1.807, 2.05) is 0 Å². The zero-order valence-corrected chi connectivity index (χ0v) is 13.5. The van der Waals surface area contributed by atoms with E-state index in [1.54, 1.807) is 20.8 Å². The number of carbonyl (C=O) groups excluding carboxylic acids is 2. The second kappa shape index (κ2) is 9.65. The number of hydrogen-bond acceptors (Lipinski definition) is 5. The molecule has 0 aliphatic heterocycles. The lowest BCUT2D eigenvalue weighted by Gasteiger charge is -2.19. The van der Waals surface area contributed by atoms with E-state index in [0.29, 0.717) is 6.42 Å². The van der Waals surface area contributed by atoms with Crippen LogP contribution in [0.1, 0.15) is 46.5 Å². The molecular formula is C14H24N2O7. The summed E-state index contributed by atoms with van der Waals surface area (Å²) in [5.41, 5.74) is -0.611. The minimum atomic E-state index is -1.29. The number of carboxylic acids is 2. The monoisotopic (exact) mass is 332 g/mol. The van der Waals surface area contributed by atoms with Gasteiger partial charge in [-0.05, 0) is 33.6 Å². The molecule has 0 fully saturated rings. The summed E-state index contributed by atoms with van der Waals surface area (Å²) in [6, 6.07) is -1.24. The maximum atomic E-state index is 11.6. The predicted octanol–water partition coefficient (Wildman–Crippen LogP) is 0.726. The Morgan fingerprint density at radius 2 is 1.70 bits per heavy atom. The van der Waals surface area contributed by atoms with Gasteiger partial charge in [0.05, 0.1) is 0 Å². The van der Waals surface area contributed by atoms with Gasteiger partial charge in [-0.15, -0.1) is 0 Å². The Kier molecular flexibility index (Phi) is 8.67. The van der Waals surface area contributed by atoms with Crippen molar-refractivity contribution in [2.24, 2.45) is 0 Å². The summed E-state index contributed by atoms with van der Waals surface area (Å²) in [5, 5.41) is 22.2. The molecule has 4 N–H and O–H groups in total. The fourth-order valence-electron chi connectivity index (χ4n) is 1.55. The predicted molar refractivity (Wildman–Crippen MR) is 79.9 cm³/mol. The van der Waals surface area contributed by atoms with E-state index in [2.05, 4.69) is 10.6 Å². The number of carbonyl (C=O) groups is 4. The summed E-state index contributed by atoms with van der Waals surface area (Å²) in [4.78, 5) is 44.3. The molecule has 0 saturated carbocycles. The molecule has 23 heavy (non-hydrogen) atoms. The Morgan fingerprint density at radius 1 is 1.09 bits per heavy atom. The standard InChI is InChI=1S/C14H24N2O7/c1-14(2,3)23-13(22)15-8-4-5-10(17)16-9(12(20)21)6-7-11(18)19/h9H,4-8H2,1-3H3,(H,15,22)(H,16,17)(H,18,19)(H,20,21)/t9-/m0/s1. The highest BCUT2D eigenvalue weighted by atomic mass is 16.6. The van der Waals surface area contributed by atoms with Crippen molar-refractivity contribution in [3.8, 4) is 0 Å². The number of carboxylic acid groups (broad SMARTS) is 2. The molecule has 2 amide bonds. The number of amides is 2. The van der Waals surface area contributed by atoms with Gasteiger partial charge < -0.3 is 25.6 Å². The van der Waals surface area contributed by atoms with E-state index < -0.39 is 35.6 Å². The summed E-state index contributed by atoms with van der Waals surface area (Å²) in [7, 11) is 0. The molecule has 0 spiro atoms. The highest BCUT2D eigenvalue weighted by Gasteiger charge is 2.20. The number of aliphatic carboxylic acids is 2. The van der Waals surface area contributed by atoms with Gasteiger partial charge >= 0.3 is 18.0 Å². The molecular weight excluding hydrogens is 308 g/mol. The van der Waals surface area contributed by atoms with Gasteiger partial charge in [0.2, 0.25) is 5.91 Å². The molecule has 0 aliphatic rings. The zero-order valence-electron chi connectivity index (χ0n) is 13.5. The van der Waals surface area contributed by atoms with Crippen LogP contribution in [0.5, 0.6) is 0 Å². The van der Waals surface area contributed by atoms with E-state index in [4.69, 9.17) is 14.9 Å². The summed E-state index contributed by atoms with van der Waals surface area (Å²) in [5.74, 6) is -2.94. The molecule has 132 valence electrons. The first-order valence-corrected chi connectivity index (χ1v) is 7.22. The second-order valence-corrected chi connectivity index (χ2v) is 5.92. The average molecular weight is 332 g/mol. The van der Waals surface area contributed by atoms with Gasteiger partial charge in [-0.25, -0.2) is 9.59 Å². The molecule has 0 aromatic heterocycles. The Hall–Kier alpha value is -2.32. The molecule has 0 radical (unpaired) electrons. The van der Waals surface area contributed by atoms with Crippen LogP contribution < -0.4 is 10.6 Å². The molecule has 0 unspecified atom stereocenters. The van der Waals surface area contributed by atoms with Crippen molar-refractivity contribution in [2.75, 3.05) is 6.54 Å². The Balaban J connectivity index is 4.02. The largest absolute Gasteiger partial charge is 0.481 e. The maximum Gasteiger partial charge on any atom is 0.407 e. The molecule has 0 aliphatic carbocycles. The first kappa shape index (κ1) is 20.7. The normalized spacial score (nSPS) is 12.1. The molecule has 0 rings (SSSR count). The van der Waals surface area contributed by atoms with Gasteiger partial charge in [0, 0.05) is 19.4 Å². The van der Waals surface area contributed by atoms with Crippen molar-refractivity contribution in [3.05, 3.63) is 0 Å². The van der Waals surface area contributed by atoms with Crippen LogP contribution in [0, 0.1) is 0 Å². The van der Waals surface area contributed by atoms with Crippen LogP contribution in [0.3, 0.4) is 0 Å². The number of ether oxygens (including phenoxy) is 1. The van der Waals surface area contributed by atoms with Crippen LogP contribution in [0.25, 0.3) is 0 Å². The van der Waals surface area contributed by atoms with E-state index in [9.17, 15) is 19.2 Å². The van der Waals surface area contributed by atoms with Crippen LogP contribution in [0.4, 0.5) is 4.79 Å². The highest BCUT2D eigenvalue weighted by molar-refractivity contribution is 5.83. The molecule has 0 aromatic rings. The highest BCUT2D eigenvalue weighted by Crippen LogP contribution is 2.06. The lowest BCUT2D eigenvalue weighted by molar-refractivity contribution is -0.143. The molecule has 0 aromatic carbocycles. The summed E-state index contributed by atoms with van der Waals surface area (Å²) < 4.78 is 5.01. The average Bonchev–Trinajstić information content (AvgIpc) is 2.37. The number of nitrogens with one attached hydrogen (secondary N) is 2. The van der Waals surface area contributed by atoms with E-state index >= 15 is 0 Å². The van der Waals surface area contributed by atoms with Crippen LogP contribution in [-0.4, -0.2) is 52.3 Å². The lowest BCUT2D eigenvalue weighted by atomic mass is 10.1. The fraction of sp³-hybridized carbons (Fsp3) is 0.714. The molecule has 0 saturated heterocycles. The topological polar surface area (TPSA) is 142 Å². The SMILES string of the molecule is CC(C)(C)OC(=O)NCCCC(=O)N[C@@H](CCC(=O)O)C(=O)O. The third-order valence-electron chi connectivity index (χ3n) is 2.53. The van der Waals surface area contributed by atoms with E-state index in [1.165, 1.54) is 0 Å². The van der Waals surface area contributed by atoms with Crippen molar-refractivity contribution < 1.29 is 34.1 Å². The van der Waals surface area contributed by atoms with Gasteiger partial charge in [-0.1, -0.05) is 0 Å². The number of rotatable bonds is 9. The van der Waals surface area contributed by atoms with E-state index in [-0.39, 0.29) is 25.8 Å². The van der Waals surface area contributed by atoms with Crippen molar-refractivity contribution in [1.82, 2.24) is 10.6 Å². The number of hydrogen-bond donors (Lipinski definition) is 4. The summed E-state index contributed by atoms with van der Waals surface area (Å²) in [6.07, 6.45) is -0.824. The second-order valence-electron chi connectivity index (χ2n) is 5.92. The van der Waals surface area contributed by atoms with Gasteiger partial charge in [0.25, 0.3) is 0 Å². The Bertz CT molecular complexity index is 443. The quantitative estimate of drug-likeness (QED) is 0.456. The van der Waals surface area contributed by atoms with Crippen molar-refractivity contribution in [3.63, 3.8) is 0 Å². The van der Waals surface area contributed by atoms with Gasteiger partial charge in [0.15, 0.2) is 0 Å². The zero-order chi connectivity index (χ0) is 18.0. The molecule has 9 nitrogen and oxygen atoms in total. The summed E-state index contributed by atoms with van der Waals surface area (Å²) in [6.45, 7) is 5.38. The number of alkyl carbamates (subject to hydrolysis) is 1. The fourth-order valence-corrected chi connectivity index (χ4v) is 1.55. The van der Waals surface area contributed by atoms with Crippen LogP contribution in [-0.2, 0) is 19.1 Å². The molecule has 0 heterocycles. The summed E-state index contributed by atoms with van der Waals surface area (Å²) >= 11 is 0. The first-order chi connectivity index (χ1) is 10.5. The smallest absolute Gasteiger partial charge is 0.407 e. The minimum absolute atomic E-state index is 0.00660. The Labute approximate surface area is 134 Å². The lowest BCUT2D eigenvalue weighted by Crippen LogP contribution is -2.41.